The van der Waals surface area contributed by atoms with Gasteiger partial charge in [0.1, 0.15) is 12.4 Å². The van der Waals surface area contributed by atoms with Crippen LogP contribution >= 0.6 is 11.6 Å². The lowest BCUT2D eigenvalue weighted by atomic mass is 9.81. The van der Waals surface area contributed by atoms with Gasteiger partial charge in [0.25, 0.3) is 11.8 Å². The van der Waals surface area contributed by atoms with E-state index in [2.05, 4.69) is 0 Å². The zero-order chi connectivity index (χ0) is 25.0. The normalized spacial score (nSPS) is 18.9. The summed E-state index contributed by atoms with van der Waals surface area (Å²) < 4.78 is 41.9. The molecule has 6 nitrogen and oxygen atoms in total. The number of halogens is 4. The second kappa shape index (κ2) is 8.30. The van der Waals surface area contributed by atoms with Crippen molar-refractivity contribution in [1.82, 2.24) is 9.80 Å². The number of nitrogens with zero attached hydrogens (tertiary/aromatic N) is 3. The van der Waals surface area contributed by atoms with Crippen molar-refractivity contribution in [3.05, 3.63) is 64.4 Å². The summed E-state index contributed by atoms with van der Waals surface area (Å²) in [5, 5.41) is 0.148. The van der Waals surface area contributed by atoms with Gasteiger partial charge in [-0.1, -0.05) is 35.9 Å². The highest BCUT2D eigenvalue weighted by Gasteiger charge is 2.61. The van der Waals surface area contributed by atoms with Gasteiger partial charge < -0.3 is 9.80 Å². The van der Waals surface area contributed by atoms with Crippen molar-refractivity contribution in [2.75, 3.05) is 24.5 Å². The van der Waals surface area contributed by atoms with Crippen LogP contribution in [0.5, 0.6) is 0 Å². The minimum atomic E-state index is -3.01. The SMILES string of the molecule is CC(=O)N1CC2(C1)C(=O)N(c1ccc(Cl)cc1F)CC(=O)N2[C@@H](C)c1ccc(C(C)(F)F)cc1. The number of piperazine rings is 1. The maximum atomic E-state index is 14.6. The first-order valence-electron chi connectivity index (χ1n) is 10.7. The Balaban J connectivity index is 1.72. The molecule has 1 spiro atoms. The molecule has 0 radical (unpaired) electrons. The highest BCUT2D eigenvalue weighted by molar-refractivity contribution is 6.30. The zero-order valence-electron chi connectivity index (χ0n) is 18.8. The molecule has 2 heterocycles. The van der Waals surface area contributed by atoms with E-state index in [1.54, 1.807) is 6.92 Å². The third-order valence-electron chi connectivity index (χ3n) is 6.50. The van der Waals surface area contributed by atoms with E-state index in [1.807, 2.05) is 0 Å². The molecule has 2 fully saturated rings. The Bertz CT molecular complexity index is 1160. The number of likely N-dealkylation sites (tertiary alicyclic amines) is 1. The highest BCUT2D eigenvalue weighted by atomic mass is 35.5. The van der Waals surface area contributed by atoms with Crippen molar-refractivity contribution >= 4 is 35.0 Å². The molecule has 4 rings (SSSR count). The molecule has 2 aromatic carbocycles. The van der Waals surface area contributed by atoms with Crippen molar-refractivity contribution in [3.63, 3.8) is 0 Å². The lowest BCUT2D eigenvalue weighted by Crippen LogP contribution is -2.81. The molecule has 2 aliphatic heterocycles. The molecule has 2 saturated heterocycles. The Kier molecular flexibility index (Phi) is 5.88. The quantitative estimate of drug-likeness (QED) is 0.643. The molecule has 0 aromatic heterocycles. The predicted molar refractivity (Wildman–Crippen MR) is 120 cm³/mol. The first-order valence-corrected chi connectivity index (χ1v) is 11.1. The summed E-state index contributed by atoms with van der Waals surface area (Å²) in [5.74, 6) is -4.99. The summed E-state index contributed by atoms with van der Waals surface area (Å²) in [6, 6.07) is 8.73. The number of rotatable bonds is 4. The van der Waals surface area contributed by atoms with Gasteiger partial charge in [-0.3, -0.25) is 19.3 Å². The van der Waals surface area contributed by atoms with Crippen molar-refractivity contribution in [1.29, 1.82) is 0 Å². The van der Waals surface area contributed by atoms with Crippen molar-refractivity contribution in [2.24, 2.45) is 0 Å². The van der Waals surface area contributed by atoms with Gasteiger partial charge in [-0.25, -0.2) is 13.2 Å². The fourth-order valence-electron chi connectivity index (χ4n) is 4.66. The van der Waals surface area contributed by atoms with E-state index in [0.717, 1.165) is 17.9 Å². The van der Waals surface area contributed by atoms with Crippen LogP contribution in [0.3, 0.4) is 0 Å². The van der Waals surface area contributed by atoms with Crippen LogP contribution in [0.25, 0.3) is 0 Å². The second-order valence-electron chi connectivity index (χ2n) is 8.84. The molecule has 0 N–H and O–H groups in total. The van der Waals surface area contributed by atoms with E-state index in [1.165, 1.54) is 53.1 Å². The molecule has 0 aliphatic carbocycles. The molecule has 2 aromatic rings. The van der Waals surface area contributed by atoms with E-state index >= 15 is 0 Å². The van der Waals surface area contributed by atoms with E-state index in [9.17, 15) is 27.6 Å². The summed E-state index contributed by atoms with van der Waals surface area (Å²) in [4.78, 5) is 42.9. The molecular weight excluding hydrogens is 471 g/mol. The Labute approximate surface area is 199 Å². The van der Waals surface area contributed by atoms with Gasteiger partial charge in [0.05, 0.1) is 24.8 Å². The molecule has 0 saturated carbocycles. The summed E-state index contributed by atoms with van der Waals surface area (Å²) in [6.07, 6.45) is 0. The molecule has 3 amide bonds. The average Bonchev–Trinajstić information content (AvgIpc) is 2.72. The van der Waals surface area contributed by atoms with E-state index in [4.69, 9.17) is 11.6 Å². The number of hydrogen-bond acceptors (Lipinski definition) is 3. The topological polar surface area (TPSA) is 60.9 Å². The maximum absolute atomic E-state index is 14.6. The average molecular weight is 494 g/mol. The van der Waals surface area contributed by atoms with Crippen LogP contribution in [-0.2, 0) is 20.3 Å². The van der Waals surface area contributed by atoms with Crippen LogP contribution in [0.1, 0.15) is 37.9 Å². The van der Waals surface area contributed by atoms with Gasteiger partial charge in [0, 0.05) is 24.4 Å². The molecular formula is C24H23ClF3N3O3. The Hall–Kier alpha value is -3.07. The van der Waals surface area contributed by atoms with Crippen molar-refractivity contribution in [3.8, 4) is 0 Å². The van der Waals surface area contributed by atoms with Gasteiger partial charge in [-0.15, -0.1) is 0 Å². The van der Waals surface area contributed by atoms with Gasteiger partial charge >= 0.3 is 0 Å². The van der Waals surface area contributed by atoms with Crippen molar-refractivity contribution in [2.45, 2.75) is 38.3 Å². The van der Waals surface area contributed by atoms with Gasteiger partial charge in [0.15, 0.2) is 5.54 Å². The van der Waals surface area contributed by atoms with Crippen LogP contribution in [-0.4, -0.2) is 52.7 Å². The minimum absolute atomic E-state index is 0.0475. The molecule has 2 aliphatic rings. The number of alkyl halides is 2. The third-order valence-corrected chi connectivity index (χ3v) is 6.74. The van der Waals surface area contributed by atoms with Crippen LogP contribution < -0.4 is 4.90 Å². The number of carbonyl (C=O) groups excluding carboxylic acids is 3. The number of amides is 3. The molecule has 10 heteroatoms. The first-order chi connectivity index (χ1) is 15.8. The van der Waals surface area contributed by atoms with Gasteiger partial charge in [0.2, 0.25) is 11.8 Å². The first kappa shape index (κ1) is 24.1. The van der Waals surface area contributed by atoms with Gasteiger partial charge in [-0.05, 0) is 30.7 Å². The Morgan fingerprint density at radius 3 is 2.26 bits per heavy atom. The lowest BCUT2D eigenvalue weighted by Gasteiger charge is -2.59. The number of anilines is 1. The molecule has 0 unspecified atom stereocenters. The van der Waals surface area contributed by atoms with Crippen molar-refractivity contribution < 1.29 is 27.6 Å². The number of hydrogen-bond donors (Lipinski definition) is 0. The summed E-state index contributed by atoms with van der Waals surface area (Å²) in [6.45, 7) is 3.34. The summed E-state index contributed by atoms with van der Waals surface area (Å²) in [7, 11) is 0. The minimum Gasteiger partial charge on any atom is -0.337 e. The highest BCUT2D eigenvalue weighted by Crippen LogP contribution is 2.41. The molecule has 1 atom stereocenters. The Morgan fingerprint density at radius 1 is 1.12 bits per heavy atom. The maximum Gasteiger partial charge on any atom is 0.270 e. The van der Waals surface area contributed by atoms with Crippen LogP contribution in [0, 0.1) is 5.82 Å². The predicted octanol–water partition coefficient (Wildman–Crippen LogP) is 4.13. The Morgan fingerprint density at radius 2 is 1.74 bits per heavy atom. The van der Waals surface area contributed by atoms with Crippen LogP contribution in [0.2, 0.25) is 5.02 Å². The van der Waals surface area contributed by atoms with E-state index in [0.29, 0.717) is 5.56 Å². The monoisotopic (exact) mass is 493 g/mol. The lowest BCUT2D eigenvalue weighted by molar-refractivity contribution is -0.172. The number of carbonyl (C=O) groups is 3. The summed E-state index contributed by atoms with van der Waals surface area (Å²) in [5.41, 5.74) is -1.10. The summed E-state index contributed by atoms with van der Waals surface area (Å²) >= 11 is 5.83. The molecule has 180 valence electrons. The largest absolute Gasteiger partial charge is 0.337 e. The zero-order valence-corrected chi connectivity index (χ0v) is 19.6. The fourth-order valence-corrected chi connectivity index (χ4v) is 4.82. The van der Waals surface area contributed by atoms with Crippen LogP contribution in [0.4, 0.5) is 18.9 Å². The van der Waals surface area contributed by atoms with E-state index in [-0.39, 0.29) is 35.3 Å². The molecule has 34 heavy (non-hydrogen) atoms. The smallest absolute Gasteiger partial charge is 0.270 e. The third kappa shape index (κ3) is 3.91. The standard InChI is InChI=1S/C24H23ClF3N3O3/c1-14(16-4-6-17(7-5-16)23(3,27)28)31-21(33)11-30(20-9-8-18(25)10-19(20)26)22(34)24(31)12-29(13-24)15(2)32/h4-10,14H,11-13H2,1-3H3/t14-/m0/s1. The second-order valence-corrected chi connectivity index (χ2v) is 9.28. The fraction of sp³-hybridized carbons (Fsp3) is 0.375. The molecule has 0 bridgehead atoms. The van der Waals surface area contributed by atoms with Gasteiger partial charge in [-0.2, -0.15) is 0 Å². The van der Waals surface area contributed by atoms with Crippen LogP contribution in [0.15, 0.2) is 42.5 Å². The number of benzene rings is 2. The van der Waals surface area contributed by atoms with E-state index < -0.39 is 41.7 Å².